The van der Waals surface area contributed by atoms with Crippen LogP contribution in [0.25, 0.3) is 6.08 Å². The van der Waals surface area contributed by atoms with Crippen molar-refractivity contribution in [1.29, 1.82) is 0 Å². The number of hydrogen-bond donors (Lipinski definition) is 2. The van der Waals surface area contributed by atoms with Gasteiger partial charge in [0.25, 0.3) is 0 Å². The number of furan rings is 1. The van der Waals surface area contributed by atoms with Crippen molar-refractivity contribution in [3.8, 4) is 0 Å². The third kappa shape index (κ3) is 3.84. The van der Waals surface area contributed by atoms with E-state index >= 15 is 0 Å². The van der Waals surface area contributed by atoms with Crippen LogP contribution in [0.15, 0.2) is 35.0 Å². The SMILES string of the molecule is Cc1ccc(/C=C/C(=O)Nc2cnn(CC(=O)O)c2)o1. The van der Waals surface area contributed by atoms with Crippen LogP contribution in [0, 0.1) is 6.92 Å². The molecule has 0 radical (unpaired) electrons. The van der Waals surface area contributed by atoms with Crippen LogP contribution < -0.4 is 5.32 Å². The first-order valence-corrected chi connectivity index (χ1v) is 5.82. The molecule has 2 N–H and O–H groups in total. The van der Waals surface area contributed by atoms with Gasteiger partial charge in [-0.1, -0.05) is 0 Å². The van der Waals surface area contributed by atoms with Crippen molar-refractivity contribution < 1.29 is 19.1 Å². The topological polar surface area (TPSA) is 97.4 Å². The molecule has 0 saturated heterocycles. The van der Waals surface area contributed by atoms with Gasteiger partial charge < -0.3 is 14.8 Å². The molecule has 0 aromatic carbocycles. The van der Waals surface area contributed by atoms with Crippen LogP contribution in [0.3, 0.4) is 0 Å². The highest BCUT2D eigenvalue weighted by Gasteiger charge is 2.04. The number of carbonyl (C=O) groups is 2. The Morgan fingerprint density at radius 2 is 2.30 bits per heavy atom. The van der Waals surface area contributed by atoms with Crippen molar-refractivity contribution in [3.63, 3.8) is 0 Å². The summed E-state index contributed by atoms with van der Waals surface area (Å²) < 4.78 is 6.50. The summed E-state index contributed by atoms with van der Waals surface area (Å²) in [6.07, 6.45) is 5.69. The molecule has 0 aliphatic rings. The normalized spacial score (nSPS) is 10.8. The van der Waals surface area contributed by atoms with Crippen molar-refractivity contribution in [2.24, 2.45) is 0 Å². The molecule has 2 heterocycles. The van der Waals surface area contributed by atoms with Gasteiger partial charge in [-0.2, -0.15) is 5.10 Å². The maximum absolute atomic E-state index is 11.6. The molecule has 2 aromatic rings. The van der Waals surface area contributed by atoms with E-state index in [1.54, 1.807) is 18.2 Å². The number of aromatic nitrogens is 2. The Hall–Kier alpha value is -2.83. The van der Waals surface area contributed by atoms with Crippen molar-refractivity contribution in [2.45, 2.75) is 13.5 Å². The highest BCUT2D eigenvalue weighted by atomic mass is 16.4. The minimum Gasteiger partial charge on any atom is -0.480 e. The lowest BCUT2D eigenvalue weighted by Crippen LogP contribution is -2.09. The molecule has 0 aliphatic heterocycles. The second kappa shape index (κ2) is 5.87. The zero-order valence-corrected chi connectivity index (χ0v) is 10.7. The molecule has 7 nitrogen and oxygen atoms in total. The summed E-state index contributed by atoms with van der Waals surface area (Å²) in [5, 5.41) is 15.0. The smallest absolute Gasteiger partial charge is 0.325 e. The largest absolute Gasteiger partial charge is 0.480 e. The Morgan fingerprint density at radius 3 is 2.95 bits per heavy atom. The van der Waals surface area contributed by atoms with Gasteiger partial charge in [-0.3, -0.25) is 14.3 Å². The van der Waals surface area contributed by atoms with E-state index in [-0.39, 0.29) is 12.5 Å². The van der Waals surface area contributed by atoms with Gasteiger partial charge in [-0.25, -0.2) is 0 Å². The van der Waals surface area contributed by atoms with Gasteiger partial charge in [-0.15, -0.1) is 0 Å². The fraction of sp³-hybridized carbons (Fsp3) is 0.154. The predicted molar refractivity (Wildman–Crippen MR) is 71.0 cm³/mol. The molecule has 0 spiro atoms. The van der Waals surface area contributed by atoms with E-state index in [2.05, 4.69) is 10.4 Å². The van der Waals surface area contributed by atoms with E-state index in [1.165, 1.54) is 23.2 Å². The highest BCUT2D eigenvalue weighted by molar-refractivity contribution is 6.01. The number of nitrogens with zero attached hydrogens (tertiary/aromatic N) is 2. The molecule has 104 valence electrons. The molecule has 1 amide bonds. The predicted octanol–water partition coefficient (Wildman–Crippen LogP) is 1.52. The van der Waals surface area contributed by atoms with Crippen LogP contribution in [0.2, 0.25) is 0 Å². The van der Waals surface area contributed by atoms with Gasteiger partial charge in [0.05, 0.1) is 11.9 Å². The third-order valence-corrected chi connectivity index (χ3v) is 2.36. The number of carbonyl (C=O) groups excluding carboxylic acids is 1. The Morgan fingerprint density at radius 1 is 1.50 bits per heavy atom. The van der Waals surface area contributed by atoms with Gasteiger partial charge in [0, 0.05) is 12.3 Å². The molecule has 0 unspecified atom stereocenters. The van der Waals surface area contributed by atoms with E-state index in [0.29, 0.717) is 11.4 Å². The molecular weight excluding hydrogens is 262 g/mol. The number of amides is 1. The molecule has 20 heavy (non-hydrogen) atoms. The van der Waals surface area contributed by atoms with E-state index in [1.807, 2.05) is 6.92 Å². The minimum atomic E-state index is -1.00. The van der Waals surface area contributed by atoms with Crippen molar-refractivity contribution in [3.05, 3.63) is 42.1 Å². The summed E-state index contributed by atoms with van der Waals surface area (Å²) in [4.78, 5) is 22.1. The molecule has 7 heteroatoms. The fourth-order valence-corrected chi connectivity index (χ4v) is 1.54. The first kappa shape index (κ1) is 13.6. The number of anilines is 1. The number of carboxylic acid groups (broad SMARTS) is 1. The Kier molecular flexibility index (Phi) is 3.99. The summed E-state index contributed by atoms with van der Waals surface area (Å²) in [5.41, 5.74) is 0.427. The zero-order valence-electron chi connectivity index (χ0n) is 10.7. The summed E-state index contributed by atoms with van der Waals surface area (Å²) in [6, 6.07) is 3.55. The highest BCUT2D eigenvalue weighted by Crippen LogP contribution is 2.09. The van der Waals surface area contributed by atoms with E-state index in [0.717, 1.165) is 5.76 Å². The van der Waals surface area contributed by atoms with Crippen molar-refractivity contribution in [1.82, 2.24) is 9.78 Å². The summed E-state index contributed by atoms with van der Waals surface area (Å²) >= 11 is 0. The molecule has 0 atom stereocenters. The number of nitrogens with one attached hydrogen (secondary N) is 1. The zero-order chi connectivity index (χ0) is 14.5. The van der Waals surface area contributed by atoms with E-state index < -0.39 is 5.97 Å². The Balaban J connectivity index is 1.92. The average Bonchev–Trinajstić information content (AvgIpc) is 2.95. The van der Waals surface area contributed by atoms with Crippen LogP contribution >= 0.6 is 0 Å². The van der Waals surface area contributed by atoms with Crippen LogP contribution in [0.1, 0.15) is 11.5 Å². The fourth-order valence-electron chi connectivity index (χ4n) is 1.54. The number of carboxylic acids is 1. The molecular formula is C13H13N3O4. The second-order valence-corrected chi connectivity index (χ2v) is 4.09. The van der Waals surface area contributed by atoms with Crippen LogP contribution in [-0.2, 0) is 16.1 Å². The monoisotopic (exact) mass is 275 g/mol. The maximum atomic E-state index is 11.6. The molecule has 0 aliphatic carbocycles. The number of rotatable bonds is 5. The Bertz CT molecular complexity index is 654. The second-order valence-electron chi connectivity index (χ2n) is 4.09. The Labute approximate surface area is 114 Å². The van der Waals surface area contributed by atoms with Crippen LogP contribution in [-0.4, -0.2) is 26.8 Å². The van der Waals surface area contributed by atoms with Crippen molar-refractivity contribution in [2.75, 3.05) is 5.32 Å². The van der Waals surface area contributed by atoms with Gasteiger partial charge >= 0.3 is 5.97 Å². The standard InChI is InChI=1S/C13H13N3O4/c1-9-2-3-11(20-9)4-5-12(17)15-10-6-14-16(7-10)8-13(18)19/h2-7H,8H2,1H3,(H,15,17)(H,18,19)/b5-4+. The molecule has 2 rings (SSSR count). The summed E-state index contributed by atoms with van der Waals surface area (Å²) in [5.74, 6) is -0.00721. The maximum Gasteiger partial charge on any atom is 0.325 e. The summed E-state index contributed by atoms with van der Waals surface area (Å²) in [7, 11) is 0. The van der Waals surface area contributed by atoms with Gasteiger partial charge in [0.1, 0.15) is 18.1 Å². The number of aryl methyl sites for hydroxylation is 1. The van der Waals surface area contributed by atoms with Crippen LogP contribution in [0.4, 0.5) is 5.69 Å². The number of aliphatic carboxylic acids is 1. The van der Waals surface area contributed by atoms with Gasteiger partial charge in [0.15, 0.2) is 0 Å². The minimum absolute atomic E-state index is 0.253. The van der Waals surface area contributed by atoms with Gasteiger partial charge in [-0.05, 0) is 25.1 Å². The lowest BCUT2D eigenvalue weighted by molar-refractivity contribution is -0.137. The quantitative estimate of drug-likeness (QED) is 0.806. The van der Waals surface area contributed by atoms with E-state index in [9.17, 15) is 9.59 Å². The van der Waals surface area contributed by atoms with Crippen molar-refractivity contribution >= 4 is 23.6 Å². The van der Waals surface area contributed by atoms with Crippen LogP contribution in [0.5, 0.6) is 0 Å². The summed E-state index contributed by atoms with van der Waals surface area (Å²) in [6.45, 7) is 1.56. The molecule has 0 bridgehead atoms. The lowest BCUT2D eigenvalue weighted by atomic mass is 10.3. The number of hydrogen-bond acceptors (Lipinski definition) is 4. The first-order valence-electron chi connectivity index (χ1n) is 5.82. The van der Waals surface area contributed by atoms with E-state index in [4.69, 9.17) is 9.52 Å². The molecule has 0 fully saturated rings. The lowest BCUT2D eigenvalue weighted by Gasteiger charge is -1.96. The van der Waals surface area contributed by atoms with Gasteiger partial charge in [0.2, 0.25) is 5.91 Å². The molecule has 0 saturated carbocycles. The molecule has 2 aromatic heterocycles. The third-order valence-electron chi connectivity index (χ3n) is 2.36. The first-order chi connectivity index (χ1) is 9.52. The average molecular weight is 275 g/mol.